The van der Waals surface area contributed by atoms with Crippen molar-refractivity contribution >= 4 is 17.8 Å². The Hall–Kier alpha value is -3.08. The fourth-order valence-electron chi connectivity index (χ4n) is 3.05. The van der Waals surface area contributed by atoms with Gasteiger partial charge in [-0.1, -0.05) is 19.4 Å². The molecule has 0 aliphatic heterocycles. The van der Waals surface area contributed by atoms with Crippen molar-refractivity contribution in [2.45, 2.75) is 54.4 Å². The van der Waals surface area contributed by atoms with Crippen LogP contribution in [0.5, 0.6) is 17.2 Å². The molecule has 2 aromatic carbocycles. The van der Waals surface area contributed by atoms with Gasteiger partial charge in [0.1, 0.15) is 17.2 Å². The van der Waals surface area contributed by atoms with E-state index in [-0.39, 0.29) is 11.8 Å². The van der Waals surface area contributed by atoms with Gasteiger partial charge in [0.25, 0.3) is 0 Å². The second-order valence-electron chi connectivity index (χ2n) is 8.44. The third-order valence-corrected chi connectivity index (χ3v) is 4.71. The van der Waals surface area contributed by atoms with Crippen molar-refractivity contribution < 1.29 is 23.8 Å². The van der Waals surface area contributed by atoms with E-state index in [2.05, 4.69) is 6.92 Å². The van der Waals surface area contributed by atoms with Crippen molar-refractivity contribution in [2.75, 3.05) is 13.2 Å². The maximum Gasteiger partial charge on any atom is 0.316 e. The van der Waals surface area contributed by atoms with Crippen molar-refractivity contribution in [3.8, 4) is 17.2 Å². The van der Waals surface area contributed by atoms with Crippen LogP contribution in [0.25, 0.3) is 6.08 Å². The van der Waals surface area contributed by atoms with E-state index in [0.717, 1.165) is 29.7 Å². The summed E-state index contributed by atoms with van der Waals surface area (Å²) in [6.45, 7) is 12.4. The Morgan fingerprint density at radius 3 is 2.12 bits per heavy atom. The number of ether oxygens (including phenoxy) is 3. The van der Waals surface area contributed by atoms with E-state index in [1.54, 1.807) is 51.1 Å². The van der Waals surface area contributed by atoms with Crippen LogP contribution in [-0.2, 0) is 11.2 Å². The first-order valence-electron chi connectivity index (χ1n) is 11.2. The molecule has 0 spiro atoms. The van der Waals surface area contributed by atoms with Gasteiger partial charge in [0.05, 0.1) is 24.2 Å². The summed E-state index contributed by atoms with van der Waals surface area (Å²) in [7, 11) is 0. The number of hydrogen-bond acceptors (Lipinski definition) is 5. The van der Waals surface area contributed by atoms with E-state index in [1.807, 2.05) is 26.0 Å². The lowest BCUT2D eigenvalue weighted by Crippen LogP contribution is -2.25. The number of aryl methyl sites for hydroxylation is 1. The molecule has 0 unspecified atom stereocenters. The predicted octanol–water partition coefficient (Wildman–Crippen LogP) is 6.28. The zero-order chi connectivity index (χ0) is 23.7. The van der Waals surface area contributed by atoms with Gasteiger partial charge in [0.2, 0.25) is 0 Å². The number of hydrogen-bond donors (Lipinski definition) is 0. The Morgan fingerprint density at radius 2 is 1.56 bits per heavy atom. The minimum Gasteiger partial charge on any atom is -0.493 e. The number of ketones is 1. The molecular formula is C27H34O5. The first-order chi connectivity index (χ1) is 15.2. The smallest absolute Gasteiger partial charge is 0.316 e. The minimum absolute atomic E-state index is 0.163. The van der Waals surface area contributed by atoms with E-state index in [9.17, 15) is 9.59 Å². The average Bonchev–Trinajstić information content (AvgIpc) is 2.75. The molecule has 0 saturated heterocycles. The summed E-state index contributed by atoms with van der Waals surface area (Å²) in [5.41, 5.74) is 1.76. The van der Waals surface area contributed by atoms with Crippen molar-refractivity contribution in [1.82, 2.24) is 0 Å². The van der Waals surface area contributed by atoms with Crippen molar-refractivity contribution in [3.05, 3.63) is 59.2 Å². The first kappa shape index (κ1) is 25.2. The molecule has 0 radical (unpaired) electrons. The molecule has 0 bridgehead atoms. The van der Waals surface area contributed by atoms with Crippen LogP contribution in [0.15, 0.2) is 42.5 Å². The van der Waals surface area contributed by atoms with Gasteiger partial charge in [-0.15, -0.1) is 0 Å². The summed E-state index contributed by atoms with van der Waals surface area (Å²) in [6.07, 6.45) is 5.14. The fourth-order valence-corrected chi connectivity index (χ4v) is 3.05. The van der Waals surface area contributed by atoms with E-state index < -0.39 is 5.41 Å². The SMILES string of the molecule is CCCc1ccc(OCC)c(/C=C/C(=O)c2ccc(OC(=O)C(C)(C)C)cc2)c1OCC. The maximum atomic E-state index is 12.8. The summed E-state index contributed by atoms with van der Waals surface area (Å²) in [6, 6.07) is 10.5. The molecule has 0 atom stereocenters. The Morgan fingerprint density at radius 1 is 0.906 bits per heavy atom. The number of benzene rings is 2. The molecule has 0 aliphatic rings. The fraction of sp³-hybridized carbons (Fsp3) is 0.407. The highest BCUT2D eigenvalue weighted by Gasteiger charge is 2.23. The molecule has 172 valence electrons. The standard InChI is InChI=1S/C27H34O5/c1-7-10-20-13-18-24(30-8-2)22(25(20)31-9-3)16-17-23(28)19-11-14-21(15-12-19)32-26(29)27(4,5)6/h11-18H,7-10H2,1-6H3/b17-16+. The Bertz CT molecular complexity index is 949. The predicted molar refractivity (Wildman–Crippen MR) is 128 cm³/mol. The van der Waals surface area contributed by atoms with Gasteiger partial charge in [-0.3, -0.25) is 9.59 Å². The van der Waals surface area contributed by atoms with Crippen LogP contribution in [0.3, 0.4) is 0 Å². The highest BCUT2D eigenvalue weighted by molar-refractivity contribution is 6.07. The number of carbonyl (C=O) groups is 2. The van der Waals surface area contributed by atoms with Crippen LogP contribution < -0.4 is 14.2 Å². The normalized spacial score (nSPS) is 11.4. The van der Waals surface area contributed by atoms with Crippen LogP contribution in [0.4, 0.5) is 0 Å². The summed E-state index contributed by atoms with van der Waals surface area (Å²) < 4.78 is 17.1. The topological polar surface area (TPSA) is 61.8 Å². The highest BCUT2D eigenvalue weighted by Crippen LogP contribution is 2.35. The van der Waals surface area contributed by atoms with Gasteiger partial charge in [-0.2, -0.15) is 0 Å². The molecule has 0 aliphatic carbocycles. The largest absolute Gasteiger partial charge is 0.493 e. The van der Waals surface area contributed by atoms with Crippen LogP contribution in [0.1, 0.15) is 69.4 Å². The first-order valence-corrected chi connectivity index (χ1v) is 11.2. The molecular weight excluding hydrogens is 404 g/mol. The lowest BCUT2D eigenvalue weighted by Gasteiger charge is -2.17. The minimum atomic E-state index is -0.597. The highest BCUT2D eigenvalue weighted by atomic mass is 16.5. The summed E-state index contributed by atoms with van der Waals surface area (Å²) in [5.74, 6) is 1.37. The number of allylic oxidation sites excluding steroid dienone is 1. The third kappa shape index (κ3) is 6.71. The van der Waals surface area contributed by atoms with Crippen LogP contribution in [0, 0.1) is 5.41 Å². The quantitative estimate of drug-likeness (QED) is 0.189. The Kier molecular flexibility index (Phi) is 9.06. The zero-order valence-electron chi connectivity index (χ0n) is 20.0. The van der Waals surface area contributed by atoms with Crippen LogP contribution in [0.2, 0.25) is 0 Å². The molecule has 0 N–H and O–H groups in total. The van der Waals surface area contributed by atoms with E-state index >= 15 is 0 Å². The van der Waals surface area contributed by atoms with Crippen LogP contribution in [-0.4, -0.2) is 25.0 Å². The van der Waals surface area contributed by atoms with Gasteiger partial charge in [-0.25, -0.2) is 0 Å². The van der Waals surface area contributed by atoms with Gasteiger partial charge < -0.3 is 14.2 Å². The number of esters is 1. The van der Waals surface area contributed by atoms with E-state index in [4.69, 9.17) is 14.2 Å². The summed E-state index contributed by atoms with van der Waals surface area (Å²) >= 11 is 0. The van der Waals surface area contributed by atoms with Crippen LogP contribution >= 0.6 is 0 Å². The summed E-state index contributed by atoms with van der Waals surface area (Å²) in [5, 5.41) is 0. The zero-order valence-corrected chi connectivity index (χ0v) is 20.0. The van der Waals surface area contributed by atoms with Gasteiger partial charge in [0, 0.05) is 5.56 Å². The third-order valence-electron chi connectivity index (χ3n) is 4.71. The summed E-state index contributed by atoms with van der Waals surface area (Å²) in [4.78, 5) is 24.8. The van der Waals surface area contributed by atoms with E-state index in [1.165, 1.54) is 6.08 Å². The molecule has 32 heavy (non-hydrogen) atoms. The lowest BCUT2D eigenvalue weighted by molar-refractivity contribution is -0.143. The van der Waals surface area contributed by atoms with Crippen molar-refractivity contribution in [3.63, 3.8) is 0 Å². The van der Waals surface area contributed by atoms with Crippen molar-refractivity contribution in [2.24, 2.45) is 5.41 Å². The molecule has 5 heteroatoms. The maximum absolute atomic E-state index is 12.8. The molecule has 2 aromatic rings. The average molecular weight is 439 g/mol. The molecule has 2 rings (SSSR count). The lowest BCUT2D eigenvalue weighted by atomic mass is 9.97. The molecule has 0 aromatic heterocycles. The molecule has 0 amide bonds. The number of carbonyl (C=O) groups excluding carboxylic acids is 2. The number of rotatable bonds is 10. The second-order valence-corrected chi connectivity index (χ2v) is 8.44. The van der Waals surface area contributed by atoms with E-state index in [0.29, 0.717) is 30.3 Å². The van der Waals surface area contributed by atoms with Gasteiger partial charge in [-0.05, 0) is 89.1 Å². The van der Waals surface area contributed by atoms with Gasteiger partial charge >= 0.3 is 5.97 Å². The van der Waals surface area contributed by atoms with Crippen molar-refractivity contribution in [1.29, 1.82) is 0 Å². The molecule has 5 nitrogen and oxygen atoms in total. The van der Waals surface area contributed by atoms with Gasteiger partial charge in [0.15, 0.2) is 5.78 Å². The molecule has 0 fully saturated rings. The molecule has 0 heterocycles. The molecule has 0 saturated carbocycles. The second kappa shape index (κ2) is 11.5. The Balaban J connectivity index is 2.29. The Labute approximate surface area is 191 Å². The monoisotopic (exact) mass is 438 g/mol.